The number of hydrogen-bond acceptors (Lipinski definition) is 5. The Morgan fingerprint density at radius 3 is 2.92 bits per heavy atom. The van der Waals surface area contributed by atoms with E-state index in [1.807, 2.05) is 19.9 Å². The summed E-state index contributed by atoms with van der Waals surface area (Å²) in [6, 6.07) is 7.65. The third-order valence-electron chi connectivity index (χ3n) is 3.67. The Kier molecular flexibility index (Phi) is 4.09. The van der Waals surface area contributed by atoms with Crippen molar-refractivity contribution >= 4 is 33.6 Å². The second kappa shape index (κ2) is 6.20. The second-order valence-corrected chi connectivity index (χ2v) is 5.79. The first-order valence-electron chi connectivity index (χ1n) is 7.83. The molecule has 1 aromatic carbocycles. The number of benzene rings is 1. The molecule has 2 N–H and O–H groups in total. The average molecular weight is 322 g/mol. The molecule has 0 fully saturated rings. The van der Waals surface area contributed by atoms with Gasteiger partial charge >= 0.3 is 5.97 Å². The average Bonchev–Trinajstić information content (AvgIpc) is 2.93. The molecule has 0 saturated heterocycles. The van der Waals surface area contributed by atoms with E-state index in [0.29, 0.717) is 23.4 Å². The van der Waals surface area contributed by atoms with Crippen LogP contribution in [0, 0.1) is 11.3 Å². The number of esters is 1. The van der Waals surface area contributed by atoms with Crippen molar-refractivity contribution in [2.45, 2.75) is 26.8 Å². The third-order valence-corrected chi connectivity index (χ3v) is 3.67. The lowest BCUT2D eigenvalue weighted by Gasteiger charge is -2.14. The van der Waals surface area contributed by atoms with Crippen molar-refractivity contribution in [3.05, 3.63) is 35.5 Å². The molecule has 0 atom stereocenters. The highest BCUT2D eigenvalue weighted by atomic mass is 16.5. The van der Waals surface area contributed by atoms with E-state index in [-0.39, 0.29) is 6.04 Å². The number of nitrogens with one attached hydrogen (secondary N) is 2. The van der Waals surface area contributed by atoms with Gasteiger partial charge < -0.3 is 15.0 Å². The molecular formula is C18H18N4O2. The number of aromatic amines is 1. The Morgan fingerprint density at radius 2 is 2.25 bits per heavy atom. The Hall–Kier alpha value is -3.07. The molecule has 0 amide bonds. The molecule has 0 aliphatic carbocycles. The molecule has 3 rings (SSSR count). The maximum absolute atomic E-state index is 12.2. The van der Waals surface area contributed by atoms with Gasteiger partial charge in [0.1, 0.15) is 5.56 Å². The summed E-state index contributed by atoms with van der Waals surface area (Å²) in [5.41, 5.74) is 3.93. The molecule has 2 heterocycles. The Morgan fingerprint density at radius 1 is 1.46 bits per heavy atom. The third kappa shape index (κ3) is 2.65. The van der Waals surface area contributed by atoms with Crippen molar-refractivity contribution in [3.63, 3.8) is 0 Å². The molecule has 0 unspecified atom stereocenters. The summed E-state index contributed by atoms with van der Waals surface area (Å²) >= 11 is 0. The van der Waals surface area contributed by atoms with Gasteiger partial charge in [-0.2, -0.15) is 5.26 Å². The van der Waals surface area contributed by atoms with Gasteiger partial charge in [0, 0.05) is 23.1 Å². The first kappa shape index (κ1) is 15.8. The molecule has 2 aromatic heterocycles. The summed E-state index contributed by atoms with van der Waals surface area (Å²) in [7, 11) is 0. The number of nitrogens with zero attached hydrogens (tertiary/aromatic N) is 2. The highest BCUT2D eigenvalue weighted by Crippen LogP contribution is 2.32. The van der Waals surface area contributed by atoms with Crippen molar-refractivity contribution in [3.8, 4) is 6.07 Å². The number of fused-ring (bicyclic) bond motifs is 3. The van der Waals surface area contributed by atoms with Crippen LogP contribution < -0.4 is 5.32 Å². The van der Waals surface area contributed by atoms with Crippen LogP contribution in [0.2, 0.25) is 0 Å². The van der Waals surface area contributed by atoms with Crippen LogP contribution >= 0.6 is 0 Å². The van der Waals surface area contributed by atoms with Crippen LogP contribution in [0.5, 0.6) is 0 Å². The Labute approximate surface area is 139 Å². The van der Waals surface area contributed by atoms with E-state index in [2.05, 4.69) is 21.4 Å². The first-order valence-corrected chi connectivity index (χ1v) is 7.83. The normalized spacial score (nSPS) is 11.0. The van der Waals surface area contributed by atoms with E-state index in [9.17, 15) is 4.79 Å². The van der Waals surface area contributed by atoms with Gasteiger partial charge in [-0.1, -0.05) is 0 Å². The topological polar surface area (TPSA) is 90.8 Å². The predicted molar refractivity (Wildman–Crippen MR) is 93.0 cm³/mol. The van der Waals surface area contributed by atoms with E-state index in [1.165, 1.54) is 6.20 Å². The number of carbonyl (C=O) groups excluding carboxylic acids is 1. The zero-order chi connectivity index (χ0) is 17.3. The van der Waals surface area contributed by atoms with Gasteiger partial charge in [0.2, 0.25) is 0 Å². The number of hydrogen-bond donors (Lipinski definition) is 2. The van der Waals surface area contributed by atoms with Crippen molar-refractivity contribution in [1.29, 1.82) is 5.26 Å². The molecule has 24 heavy (non-hydrogen) atoms. The molecule has 0 saturated carbocycles. The van der Waals surface area contributed by atoms with Crippen LogP contribution in [0.15, 0.2) is 24.4 Å². The van der Waals surface area contributed by atoms with Gasteiger partial charge in [-0.15, -0.1) is 0 Å². The number of pyridine rings is 1. The van der Waals surface area contributed by atoms with Crippen LogP contribution in [-0.2, 0) is 4.74 Å². The van der Waals surface area contributed by atoms with Gasteiger partial charge in [0.25, 0.3) is 0 Å². The van der Waals surface area contributed by atoms with Gasteiger partial charge in [0.05, 0.1) is 35.0 Å². The van der Waals surface area contributed by atoms with Crippen LogP contribution in [0.25, 0.3) is 21.9 Å². The number of ether oxygens (including phenoxy) is 1. The fourth-order valence-corrected chi connectivity index (χ4v) is 2.70. The molecule has 6 nitrogen and oxygen atoms in total. The highest BCUT2D eigenvalue weighted by molar-refractivity contribution is 6.13. The number of anilines is 1. The molecule has 0 aliphatic heterocycles. The van der Waals surface area contributed by atoms with Gasteiger partial charge in [-0.25, -0.2) is 4.79 Å². The van der Waals surface area contributed by atoms with Gasteiger partial charge in [-0.05, 0) is 39.0 Å². The molecular weight excluding hydrogens is 304 g/mol. The quantitative estimate of drug-likeness (QED) is 0.716. The fraction of sp³-hybridized carbons (Fsp3) is 0.278. The molecule has 0 spiro atoms. The van der Waals surface area contributed by atoms with Crippen molar-refractivity contribution in [2.75, 3.05) is 11.9 Å². The van der Waals surface area contributed by atoms with E-state index >= 15 is 0 Å². The van der Waals surface area contributed by atoms with Gasteiger partial charge in [0.15, 0.2) is 0 Å². The van der Waals surface area contributed by atoms with Crippen molar-refractivity contribution < 1.29 is 9.53 Å². The first-order chi connectivity index (χ1) is 11.5. The minimum Gasteiger partial charge on any atom is -0.462 e. The molecule has 122 valence electrons. The van der Waals surface area contributed by atoms with Crippen LogP contribution in [0.3, 0.4) is 0 Å². The molecule has 6 heteroatoms. The zero-order valence-corrected chi connectivity index (χ0v) is 13.8. The van der Waals surface area contributed by atoms with E-state index in [4.69, 9.17) is 10.00 Å². The maximum atomic E-state index is 12.2. The monoisotopic (exact) mass is 322 g/mol. The van der Waals surface area contributed by atoms with Crippen molar-refractivity contribution in [2.24, 2.45) is 0 Å². The van der Waals surface area contributed by atoms with E-state index in [1.54, 1.807) is 19.1 Å². The second-order valence-electron chi connectivity index (χ2n) is 5.79. The molecule has 0 bridgehead atoms. The lowest BCUT2D eigenvalue weighted by molar-refractivity contribution is 0.0527. The molecule has 0 radical (unpaired) electrons. The minimum atomic E-state index is -0.411. The standard InChI is InChI=1S/C18H18N4O2/c1-4-24-18(23)13-9-20-15-12-6-5-11(8-19)7-14(12)22-17(15)16(13)21-10(2)3/h5-7,9-10,22H,4H2,1-3H3,(H,20,21). The maximum Gasteiger partial charge on any atom is 0.341 e. The number of rotatable bonds is 4. The van der Waals surface area contributed by atoms with Crippen LogP contribution in [-0.4, -0.2) is 28.6 Å². The van der Waals surface area contributed by atoms with E-state index < -0.39 is 5.97 Å². The van der Waals surface area contributed by atoms with Crippen molar-refractivity contribution in [1.82, 2.24) is 9.97 Å². The molecule has 3 aromatic rings. The number of aromatic nitrogens is 2. The number of H-pyrrole nitrogens is 1. The lowest BCUT2D eigenvalue weighted by atomic mass is 10.1. The van der Waals surface area contributed by atoms with Gasteiger partial charge in [-0.3, -0.25) is 4.98 Å². The lowest BCUT2D eigenvalue weighted by Crippen LogP contribution is -2.15. The van der Waals surface area contributed by atoms with Crippen LogP contribution in [0.1, 0.15) is 36.7 Å². The summed E-state index contributed by atoms with van der Waals surface area (Å²) in [6.45, 7) is 6.07. The Bertz CT molecular complexity index is 966. The largest absolute Gasteiger partial charge is 0.462 e. The molecule has 0 aliphatic rings. The predicted octanol–water partition coefficient (Wildman–Crippen LogP) is 3.58. The number of carbonyl (C=O) groups is 1. The zero-order valence-electron chi connectivity index (χ0n) is 13.8. The fourth-order valence-electron chi connectivity index (χ4n) is 2.70. The Balaban J connectivity index is 2.29. The van der Waals surface area contributed by atoms with E-state index in [0.717, 1.165) is 21.9 Å². The smallest absolute Gasteiger partial charge is 0.341 e. The SMILES string of the molecule is CCOC(=O)c1cnc2c([nH]c3cc(C#N)ccc32)c1NC(C)C. The number of nitriles is 1. The summed E-state index contributed by atoms with van der Waals surface area (Å²) < 4.78 is 5.13. The summed E-state index contributed by atoms with van der Waals surface area (Å²) in [6.07, 6.45) is 1.54. The highest BCUT2D eigenvalue weighted by Gasteiger charge is 2.20. The minimum absolute atomic E-state index is 0.129. The van der Waals surface area contributed by atoms with Crippen LogP contribution in [0.4, 0.5) is 5.69 Å². The summed E-state index contributed by atoms with van der Waals surface area (Å²) in [4.78, 5) is 20.0. The summed E-state index contributed by atoms with van der Waals surface area (Å²) in [5, 5.41) is 13.3. The summed E-state index contributed by atoms with van der Waals surface area (Å²) in [5.74, 6) is -0.411.